The summed E-state index contributed by atoms with van der Waals surface area (Å²) in [4.78, 5) is 83.5. The number of imide groups is 2. The van der Waals surface area contributed by atoms with Crippen LogP contribution in [0.2, 0.25) is 5.02 Å². The van der Waals surface area contributed by atoms with Gasteiger partial charge in [-0.1, -0.05) is 23.7 Å². The number of fused-ring (bicyclic) bond motifs is 1. The lowest BCUT2D eigenvalue weighted by atomic mass is 9.94. The van der Waals surface area contributed by atoms with Gasteiger partial charge in [0, 0.05) is 94.7 Å². The number of benzene rings is 3. The summed E-state index contributed by atoms with van der Waals surface area (Å²) in [5.41, 5.74) is 5.08. The number of ether oxygens (including phenoxy) is 1. The number of methoxy groups -OCH3 is 1. The van der Waals surface area contributed by atoms with E-state index in [1.54, 1.807) is 25.3 Å². The first-order valence-electron chi connectivity index (χ1n) is 23.2. The van der Waals surface area contributed by atoms with Crippen molar-refractivity contribution >= 4 is 91.5 Å². The van der Waals surface area contributed by atoms with Gasteiger partial charge in [0.2, 0.25) is 23.7 Å². The zero-order valence-corrected chi connectivity index (χ0v) is 39.0. The van der Waals surface area contributed by atoms with E-state index in [0.717, 1.165) is 60.9 Å². The van der Waals surface area contributed by atoms with Crippen LogP contribution in [0.1, 0.15) is 64.8 Å². The third-order valence-corrected chi connectivity index (χ3v) is 16.6. The Labute approximate surface area is 398 Å². The second-order valence-corrected chi connectivity index (χ2v) is 20.4. The van der Waals surface area contributed by atoms with Crippen molar-refractivity contribution in [1.29, 1.82) is 0 Å². The Morgan fingerprint density at radius 3 is 2.25 bits per heavy atom. The first-order chi connectivity index (χ1) is 32.9. The van der Waals surface area contributed by atoms with Gasteiger partial charge in [0.15, 0.2) is 5.82 Å². The molecule has 7 aliphatic rings. The Bertz CT molecular complexity index is 2880. The fourth-order valence-corrected chi connectivity index (χ4v) is 12.9. The molecule has 1 unspecified atom stereocenters. The molecule has 4 aromatic rings. The summed E-state index contributed by atoms with van der Waals surface area (Å²) in [6.07, 6.45) is 5.54. The summed E-state index contributed by atoms with van der Waals surface area (Å²) in [6.45, 7) is 6.38. The minimum absolute atomic E-state index is 0.0644. The van der Waals surface area contributed by atoms with Gasteiger partial charge in [0.05, 0.1) is 41.5 Å². The summed E-state index contributed by atoms with van der Waals surface area (Å²) in [5, 5.41) is 5.55. The smallest absolute Gasteiger partial charge is 0.332 e. The molecule has 11 rings (SSSR count). The molecule has 4 saturated heterocycles. The van der Waals surface area contributed by atoms with Crippen LogP contribution in [0.4, 0.5) is 40.2 Å². The van der Waals surface area contributed by atoms with E-state index in [-0.39, 0.29) is 52.6 Å². The molecule has 4 fully saturated rings. The van der Waals surface area contributed by atoms with Gasteiger partial charge in [-0.25, -0.2) is 9.29 Å². The molecule has 0 aliphatic carbocycles. The van der Waals surface area contributed by atoms with Crippen LogP contribution in [0, 0.1) is 5.92 Å². The number of amides is 5. The second-order valence-electron chi connectivity index (χ2n) is 18.3. The fourth-order valence-electron chi connectivity index (χ4n) is 11.0. The van der Waals surface area contributed by atoms with Crippen LogP contribution in [0.5, 0.6) is 5.75 Å². The summed E-state index contributed by atoms with van der Waals surface area (Å²) in [7, 11) is -2.33. The maximum atomic E-state index is 13.8. The number of para-hydroxylation sites is 1. The van der Waals surface area contributed by atoms with Crippen LogP contribution >= 0.6 is 11.6 Å². The molecule has 0 radical (unpaired) electrons. The highest BCUT2D eigenvalue weighted by molar-refractivity contribution is 7.95. The molecule has 1 atom stereocenters. The van der Waals surface area contributed by atoms with Crippen molar-refractivity contribution in [2.24, 2.45) is 5.92 Å². The van der Waals surface area contributed by atoms with E-state index in [1.165, 1.54) is 14.8 Å². The van der Waals surface area contributed by atoms with E-state index < -0.39 is 39.9 Å². The quantitative estimate of drug-likeness (QED) is 0.228. The first kappa shape index (κ1) is 44.0. The highest BCUT2D eigenvalue weighted by Gasteiger charge is 2.47. The molecule has 1 aromatic heterocycles. The highest BCUT2D eigenvalue weighted by Crippen LogP contribution is 2.51. The number of rotatable bonds is 9. The number of anilines is 7. The van der Waals surface area contributed by atoms with Gasteiger partial charge in [-0.3, -0.25) is 43.4 Å². The van der Waals surface area contributed by atoms with E-state index in [9.17, 15) is 32.4 Å². The van der Waals surface area contributed by atoms with Crippen LogP contribution in [-0.4, -0.2) is 141 Å². The Hall–Kier alpha value is -6.51. The largest absolute Gasteiger partial charge is 0.494 e. The number of hydrogen-bond acceptors (Lipinski definition) is 14. The molecule has 0 bridgehead atoms. The monoisotopic (exact) mass is 963 g/mol. The van der Waals surface area contributed by atoms with Crippen molar-refractivity contribution in [3.05, 3.63) is 82.5 Å². The molecule has 5 amide bonds. The van der Waals surface area contributed by atoms with Gasteiger partial charge < -0.3 is 24.8 Å². The van der Waals surface area contributed by atoms with Crippen LogP contribution in [-0.2, 0) is 31.0 Å². The number of nitrogens with one attached hydrogen (secondary N) is 2. The van der Waals surface area contributed by atoms with Crippen LogP contribution in [0.15, 0.2) is 60.8 Å². The lowest BCUT2D eigenvalue weighted by molar-refractivity contribution is -0.138. The van der Waals surface area contributed by atoms with E-state index in [1.807, 2.05) is 41.3 Å². The average Bonchev–Trinajstić information content (AvgIpc) is 3.99. The van der Waals surface area contributed by atoms with Crippen LogP contribution < -0.4 is 33.8 Å². The summed E-state index contributed by atoms with van der Waals surface area (Å²) in [5.74, 6) is -1.18. The van der Waals surface area contributed by atoms with E-state index in [0.29, 0.717) is 80.8 Å². The lowest BCUT2D eigenvalue weighted by Gasteiger charge is -2.44. The third kappa shape index (κ3) is 7.52. The molecule has 8 heterocycles. The van der Waals surface area contributed by atoms with Crippen molar-refractivity contribution in [2.45, 2.75) is 57.0 Å². The topological polar surface area (TPSA) is 201 Å². The SMILES string of the molecule is COc1cc(N2CCC(N3CCN(C(=O)C4CCN(c5ccc6c(c5)C(=O)N(C5CCC(=O)NC5=O)C6=O)CC4)CC3)CC2)ccc1Nc1ncc(Cl)c(N2c3cccc4c3N(CC4)S2(=O)=O)n1. The number of carbonyl (C=O) groups is 5. The molecular weight excluding hydrogens is 914 g/mol. The summed E-state index contributed by atoms with van der Waals surface area (Å²) >= 11 is 6.56. The number of piperidine rings is 3. The first-order valence-corrected chi connectivity index (χ1v) is 25.0. The van der Waals surface area contributed by atoms with Crippen molar-refractivity contribution in [3.63, 3.8) is 0 Å². The third-order valence-electron chi connectivity index (χ3n) is 14.6. The molecule has 68 heavy (non-hydrogen) atoms. The molecule has 7 aliphatic heterocycles. The molecular formula is C47H50ClN11O8S. The molecule has 3 aromatic carbocycles. The normalized spacial score (nSPS) is 21.9. The number of nitrogens with zero attached hydrogens (tertiary/aromatic N) is 9. The van der Waals surface area contributed by atoms with Crippen LogP contribution in [0.25, 0.3) is 0 Å². The van der Waals surface area contributed by atoms with E-state index >= 15 is 0 Å². The molecule has 2 N–H and O–H groups in total. The van der Waals surface area contributed by atoms with Crippen LogP contribution in [0.3, 0.4) is 0 Å². The number of hydrogen-bond donors (Lipinski definition) is 2. The zero-order chi connectivity index (χ0) is 47.0. The Balaban J connectivity index is 0.658. The Morgan fingerprint density at radius 1 is 0.809 bits per heavy atom. The van der Waals surface area contributed by atoms with Gasteiger partial charge in [-0.15, -0.1) is 0 Å². The van der Waals surface area contributed by atoms with Crippen molar-refractivity contribution in [1.82, 2.24) is 30.0 Å². The second kappa shape index (κ2) is 17.2. The van der Waals surface area contributed by atoms with Gasteiger partial charge in [0.25, 0.3) is 11.8 Å². The number of halogens is 1. The number of piperazine rings is 1. The Kier molecular flexibility index (Phi) is 11.1. The minimum Gasteiger partial charge on any atom is -0.494 e. The summed E-state index contributed by atoms with van der Waals surface area (Å²) in [6, 6.07) is 16.0. The van der Waals surface area contributed by atoms with Gasteiger partial charge in [-0.05, 0) is 80.5 Å². The molecule has 19 nitrogen and oxygen atoms in total. The molecule has 0 spiro atoms. The lowest BCUT2D eigenvalue weighted by Crippen LogP contribution is -2.55. The molecule has 21 heteroatoms. The van der Waals surface area contributed by atoms with Crippen molar-refractivity contribution in [3.8, 4) is 5.75 Å². The predicted octanol–water partition coefficient (Wildman–Crippen LogP) is 4.07. The van der Waals surface area contributed by atoms with Crippen molar-refractivity contribution in [2.75, 3.05) is 89.7 Å². The maximum absolute atomic E-state index is 13.8. The predicted molar refractivity (Wildman–Crippen MR) is 253 cm³/mol. The molecule has 354 valence electrons. The summed E-state index contributed by atoms with van der Waals surface area (Å²) < 4.78 is 35.8. The standard InChI is InChI=1S/C47H50ClN11O8S/c1-67-39-26-32(6-8-36(39)50-47-49-27-35(48)42(52-47)59-37-4-2-3-28-13-20-57(41(28)37)68(59,65)66)54-18-14-30(15-19-54)55-21-23-56(24-22-55)44(62)29-11-16-53(17-12-29)31-5-7-33-34(25-31)46(64)58(45(33)63)38-9-10-40(60)51-43(38)61/h2-8,25-27,29-30,38H,9-24H2,1H3,(H,49,50,52)(H,51,60,61). The molecule has 0 saturated carbocycles. The Morgan fingerprint density at radius 2 is 1.51 bits per heavy atom. The van der Waals surface area contributed by atoms with E-state index in [2.05, 4.69) is 35.3 Å². The number of aromatic nitrogens is 2. The number of carbonyl (C=O) groups excluding carboxylic acids is 5. The van der Waals surface area contributed by atoms with Gasteiger partial charge in [-0.2, -0.15) is 13.4 Å². The fraction of sp³-hybridized carbons (Fsp3) is 0.426. The highest BCUT2D eigenvalue weighted by atomic mass is 35.5. The van der Waals surface area contributed by atoms with E-state index in [4.69, 9.17) is 16.3 Å². The zero-order valence-electron chi connectivity index (χ0n) is 37.4. The van der Waals surface area contributed by atoms with Gasteiger partial charge >= 0.3 is 10.2 Å². The van der Waals surface area contributed by atoms with Crippen molar-refractivity contribution < 1.29 is 37.1 Å². The van der Waals surface area contributed by atoms with Gasteiger partial charge in [0.1, 0.15) is 16.8 Å². The minimum atomic E-state index is -3.93. The average molecular weight is 965 g/mol. The maximum Gasteiger partial charge on any atom is 0.332 e.